The number of carbonyl (C=O) groups excluding carboxylic acids is 1. The van der Waals surface area contributed by atoms with E-state index in [0.717, 1.165) is 18.7 Å². The van der Waals surface area contributed by atoms with Crippen LogP contribution >= 0.6 is 0 Å². The van der Waals surface area contributed by atoms with Gasteiger partial charge in [-0.05, 0) is 11.6 Å². The fourth-order valence-corrected chi connectivity index (χ4v) is 3.31. The lowest BCUT2D eigenvalue weighted by molar-refractivity contribution is 0.0599. The average molecular weight is 282 g/mol. The quantitative estimate of drug-likeness (QED) is 0.650. The number of nitrogen functional groups attached to an aromatic ring is 1. The van der Waals surface area contributed by atoms with Gasteiger partial charge in [0, 0.05) is 47.6 Å². The van der Waals surface area contributed by atoms with E-state index in [1.807, 2.05) is 12.1 Å². The van der Waals surface area contributed by atoms with Crippen LogP contribution in [0.1, 0.15) is 15.9 Å². The van der Waals surface area contributed by atoms with E-state index in [4.69, 9.17) is 10.5 Å². The maximum Gasteiger partial charge on any atom is 0.340 e. The SMILES string of the molecule is COC(=O)c1c(N)cccc1CN1CCS(=O)CC1. The van der Waals surface area contributed by atoms with Crippen LogP contribution < -0.4 is 5.73 Å². The number of hydrogen-bond donors (Lipinski definition) is 1. The van der Waals surface area contributed by atoms with Crippen LogP contribution in [0.4, 0.5) is 5.69 Å². The molecule has 1 fully saturated rings. The second-order valence-corrected chi connectivity index (χ2v) is 6.19. The van der Waals surface area contributed by atoms with Crippen molar-refractivity contribution in [1.82, 2.24) is 4.90 Å². The first-order valence-electron chi connectivity index (χ1n) is 6.15. The van der Waals surface area contributed by atoms with E-state index in [9.17, 15) is 9.00 Å². The number of hydrogen-bond acceptors (Lipinski definition) is 5. The first kappa shape index (κ1) is 14.0. The molecule has 0 aliphatic carbocycles. The Bertz CT molecular complexity index is 495. The van der Waals surface area contributed by atoms with Crippen molar-refractivity contribution in [2.24, 2.45) is 0 Å². The van der Waals surface area contributed by atoms with Gasteiger partial charge in [-0.25, -0.2) is 4.79 Å². The number of nitrogens with two attached hydrogens (primary N) is 1. The summed E-state index contributed by atoms with van der Waals surface area (Å²) in [7, 11) is 0.653. The molecule has 104 valence electrons. The van der Waals surface area contributed by atoms with Crippen molar-refractivity contribution in [2.75, 3.05) is 37.4 Å². The van der Waals surface area contributed by atoms with Gasteiger partial charge in [0.15, 0.2) is 0 Å². The van der Waals surface area contributed by atoms with Crippen LogP contribution in [-0.2, 0) is 22.1 Å². The lowest BCUT2D eigenvalue weighted by atomic mass is 10.0. The zero-order chi connectivity index (χ0) is 13.8. The molecule has 2 N–H and O–H groups in total. The van der Waals surface area contributed by atoms with Crippen molar-refractivity contribution in [3.05, 3.63) is 29.3 Å². The third-order valence-corrected chi connectivity index (χ3v) is 4.51. The molecule has 1 aliphatic rings. The topological polar surface area (TPSA) is 72.6 Å². The fraction of sp³-hybridized carbons (Fsp3) is 0.462. The van der Waals surface area contributed by atoms with Crippen molar-refractivity contribution >= 4 is 22.5 Å². The smallest absolute Gasteiger partial charge is 0.340 e. The normalized spacial score (nSPS) is 17.3. The predicted molar refractivity (Wildman–Crippen MR) is 75.3 cm³/mol. The van der Waals surface area contributed by atoms with Gasteiger partial charge in [0.2, 0.25) is 0 Å². The second-order valence-electron chi connectivity index (χ2n) is 4.50. The number of benzene rings is 1. The van der Waals surface area contributed by atoms with Crippen LogP contribution in [0, 0.1) is 0 Å². The Morgan fingerprint density at radius 1 is 1.42 bits per heavy atom. The molecule has 1 aliphatic heterocycles. The fourth-order valence-electron chi connectivity index (χ4n) is 2.18. The lowest BCUT2D eigenvalue weighted by Gasteiger charge is -2.26. The number of carbonyl (C=O) groups is 1. The van der Waals surface area contributed by atoms with Gasteiger partial charge in [0.25, 0.3) is 0 Å². The summed E-state index contributed by atoms with van der Waals surface area (Å²) in [6, 6.07) is 5.41. The standard InChI is InChI=1S/C13H18N2O3S/c1-18-13(16)12-10(3-2-4-11(12)14)9-15-5-7-19(17)8-6-15/h2-4H,5-9,14H2,1H3. The Balaban J connectivity index is 2.18. The van der Waals surface area contributed by atoms with Crippen molar-refractivity contribution < 1.29 is 13.7 Å². The highest BCUT2D eigenvalue weighted by Crippen LogP contribution is 2.20. The van der Waals surface area contributed by atoms with E-state index in [1.165, 1.54) is 7.11 Å². The average Bonchev–Trinajstić information content (AvgIpc) is 2.41. The maximum absolute atomic E-state index is 11.8. The van der Waals surface area contributed by atoms with Crippen LogP contribution in [-0.4, -0.2) is 46.8 Å². The van der Waals surface area contributed by atoms with Gasteiger partial charge < -0.3 is 10.5 Å². The van der Waals surface area contributed by atoms with E-state index in [2.05, 4.69) is 4.90 Å². The minimum absolute atomic E-state index is 0.409. The van der Waals surface area contributed by atoms with Crippen molar-refractivity contribution in [2.45, 2.75) is 6.54 Å². The van der Waals surface area contributed by atoms with Gasteiger partial charge in [0.1, 0.15) is 0 Å². The van der Waals surface area contributed by atoms with Gasteiger partial charge in [0.05, 0.1) is 12.7 Å². The Morgan fingerprint density at radius 2 is 2.11 bits per heavy atom. The van der Waals surface area contributed by atoms with E-state index >= 15 is 0 Å². The second kappa shape index (κ2) is 6.16. The van der Waals surface area contributed by atoms with Crippen molar-refractivity contribution in [1.29, 1.82) is 0 Å². The Morgan fingerprint density at radius 3 is 2.74 bits per heavy atom. The molecule has 1 aromatic rings. The van der Waals surface area contributed by atoms with E-state index in [1.54, 1.807) is 6.07 Å². The van der Waals surface area contributed by atoms with E-state index in [-0.39, 0.29) is 0 Å². The summed E-state index contributed by atoms with van der Waals surface area (Å²) < 4.78 is 16.1. The van der Waals surface area contributed by atoms with Gasteiger partial charge >= 0.3 is 5.97 Å². The van der Waals surface area contributed by atoms with Crippen LogP contribution in [0.25, 0.3) is 0 Å². The monoisotopic (exact) mass is 282 g/mol. The number of anilines is 1. The summed E-state index contributed by atoms with van der Waals surface area (Å²) in [5, 5.41) is 0. The Kier molecular flexibility index (Phi) is 4.55. The highest BCUT2D eigenvalue weighted by Gasteiger charge is 2.20. The zero-order valence-electron chi connectivity index (χ0n) is 10.9. The zero-order valence-corrected chi connectivity index (χ0v) is 11.7. The molecule has 1 saturated heterocycles. The number of esters is 1. The summed E-state index contributed by atoms with van der Waals surface area (Å²) in [4.78, 5) is 14.0. The minimum atomic E-state index is -0.697. The van der Waals surface area contributed by atoms with Crippen LogP contribution in [0.2, 0.25) is 0 Å². The molecule has 0 bridgehead atoms. The third-order valence-electron chi connectivity index (χ3n) is 3.24. The van der Waals surface area contributed by atoms with Crippen LogP contribution in [0.3, 0.4) is 0 Å². The van der Waals surface area contributed by atoms with Crippen molar-refractivity contribution in [3.8, 4) is 0 Å². The van der Waals surface area contributed by atoms with Crippen LogP contribution in [0.15, 0.2) is 18.2 Å². The molecule has 0 aromatic heterocycles. The first-order valence-corrected chi connectivity index (χ1v) is 7.63. The largest absolute Gasteiger partial charge is 0.465 e. The molecule has 0 unspecified atom stereocenters. The van der Waals surface area contributed by atoms with Gasteiger partial charge in [-0.1, -0.05) is 12.1 Å². The predicted octanol–water partition coefficient (Wildman–Crippen LogP) is 0.620. The molecule has 0 radical (unpaired) electrons. The summed E-state index contributed by atoms with van der Waals surface area (Å²) in [5.41, 5.74) is 7.59. The molecular weight excluding hydrogens is 264 g/mol. The minimum Gasteiger partial charge on any atom is -0.465 e. The first-order chi connectivity index (χ1) is 9.11. The third kappa shape index (κ3) is 3.33. The summed E-state index contributed by atoms with van der Waals surface area (Å²) in [6.45, 7) is 2.19. The summed E-state index contributed by atoms with van der Waals surface area (Å²) in [6.07, 6.45) is 0. The molecule has 1 aromatic carbocycles. The van der Waals surface area contributed by atoms with E-state index in [0.29, 0.717) is 29.3 Å². The molecular formula is C13H18N2O3S. The molecule has 0 amide bonds. The van der Waals surface area contributed by atoms with Crippen molar-refractivity contribution in [3.63, 3.8) is 0 Å². The maximum atomic E-state index is 11.8. The molecule has 2 rings (SSSR count). The summed E-state index contributed by atoms with van der Waals surface area (Å²) in [5.74, 6) is 0.972. The molecule has 0 spiro atoms. The molecule has 6 heteroatoms. The van der Waals surface area contributed by atoms with Gasteiger partial charge in [-0.3, -0.25) is 9.11 Å². The molecule has 0 saturated carbocycles. The lowest BCUT2D eigenvalue weighted by Crippen LogP contribution is -2.37. The van der Waals surface area contributed by atoms with Crippen LogP contribution in [0.5, 0.6) is 0 Å². The Hall–Kier alpha value is -1.40. The molecule has 0 atom stereocenters. The van der Waals surface area contributed by atoms with Gasteiger partial charge in [-0.15, -0.1) is 0 Å². The molecule has 1 heterocycles. The molecule has 5 nitrogen and oxygen atoms in total. The number of rotatable bonds is 3. The number of methoxy groups -OCH3 is 1. The number of nitrogens with zero attached hydrogens (tertiary/aromatic N) is 1. The summed E-state index contributed by atoms with van der Waals surface area (Å²) >= 11 is 0. The Labute approximate surface area is 115 Å². The van der Waals surface area contributed by atoms with Gasteiger partial charge in [-0.2, -0.15) is 0 Å². The highest BCUT2D eigenvalue weighted by molar-refractivity contribution is 7.85. The molecule has 19 heavy (non-hydrogen) atoms. The number of ether oxygens (including phenoxy) is 1. The van der Waals surface area contributed by atoms with E-state index < -0.39 is 16.8 Å². The highest BCUT2D eigenvalue weighted by atomic mass is 32.2.